The van der Waals surface area contributed by atoms with Crippen molar-refractivity contribution < 1.29 is 9.31 Å². The Balaban J connectivity index is 1.99. The first-order valence-electron chi connectivity index (χ1n) is 8.75. The number of unbranched alkanes of at least 4 members (excludes halogenated alkanes) is 1. The fraction of sp³-hybridized carbons (Fsp3) is 0.632. The van der Waals surface area contributed by atoms with Gasteiger partial charge in [0.15, 0.2) is 0 Å². The normalized spacial score (nSPS) is 21.0. The average molecular weight is 315 g/mol. The van der Waals surface area contributed by atoms with E-state index in [2.05, 4.69) is 58.7 Å². The Morgan fingerprint density at radius 2 is 1.83 bits per heavy atom. The Labute approximate surface area is 141 Å². The molecule has 1 saturated heterocycles. The molecule has 126 valence electrons. The summed E-state index contributed by atoms with van der Waals surface area (Å²) < 4.78 is 12.1. The lowest BCUT2D eigenvalue weighted by atomic mass is 9.80. The lowest BCUT2D eigenvalue weighted by Gasteiger charge is -2.32. The molecule has 0 radical (unpaired) electrons. The lowest BCUT2D eigenvalue weighted by Crippen LogP contribution is -2.41. The molecule has 1 aliphatic heterocycles. The highest BCUT2D eigenvalue weighted by Gasteiger charge is 2.51. The van der Waals surface area contributed by atoms with E-state index in [-0.39, 0.29) is 18.3 Å². The maximum atomic E-state index is 6.05. The van der Waals surface area contributed by atoms with Crippen LogP contribution < -0.4 is 5.46 Å². The van der Waals surface area contributed by atoms with E-state index in [1.54, 1.807) is 0 Å². The van der Waals surface area contributed by atoms with Crippen molar-refractivity contribution in [1.82, 2.24) is 4.98 Å². The second-order valence-corrected chi connectivity index (χ2v) is 7.58. The summed E-state index contributed by atoms with van der Waals surface area (Å²) in [5.74, 6) is 0.597. The first-order valence-corrected chi connectivity index (χ1v) is 8.75. The zero-order chi connectivity index (χ0) is 17.1. The summed E-state index contributed by atoms with van der Waals surface area (Å²) in [5.41, 5.74) is 1.32. The molecular weight excluding hydrogens is 285 g/mol. The summed E-state index contributed by atoms with van der Waals surface area (Å²) in [7, 11) is -0.339. The zero-order valence-electron chi connectivity index (χ0n) is 15.4. The van der Waals surface area contributed by atoms with Crippen LogP contribution in [0.15, 0.2) is 24.4 Å². The van der Waals surface area contributed by atoms with Crippen LogP contribution in [-0.4, -0.2) is 23.3 Å². The molecule has 3 nitrogen and oxygen atoms in total. The fourth-order valence-corrected chi connectivity index (χ4v) is 2.52. The van der Waals surface area contributed by atoms with Gasteiger partial charge in [-0.05, 0) is 52.2 Å². The Kier molecular flexibility index (Phi) is 5.69. The summed E-state index contributed by atoms with van der Waals surface area (Å²) >= 11 is 0. The second kappa shape index (κ2) is 7.19. The van der Waals surface area contributed by atoms with Crippen molar-refractivity contribution in [2.45, 2.75) is 72.0 Å². The van der Waals surface area contributed by atoms with Gasteiger partial charge in [-0.25, -0.2) is 0 Å². The van der Waals surface area contributed by atoms with Crippen LogP contribution >= 0.6 is 0 Å². The van der Waals surface area contributed by atoms with Gasteiger partial charge in [0, 0.05) is 11.7 Å². The number of aromatic nitrogens is 1. The number of rotatable bonds is 6. The number of hydrogen-bond donors (Lipinski definition) is 0. The molecule has 0 saturated carbocycles. The molecular formula is C19H30BNO2. The molecule has 1 fully saturated rings. The third kappa shape index (κ3) is 4.45. The van der Waals surface area contributed by atoms with E-state index in [0.717, 1.165) is 11.2 Å². The number of pyridine rings is 1. The Hall–Kier alpha value is -1.13. The SMILES string of the molecule is CCCCC(C)/C=C/c1ccc(B2OC(C)(C)C(C)(C)O2)cn1. The highest BCUT2D eigenvalue weighted by Crippen LogP contribution is 2.36. The summed E-state index contributed by atoms with van der Waals surface area (Å²) in [5, 5.41) is 0. The van der Waals surface area contributed by atoms with Crippen molar-refractivity contribution in [3.63, 3.8) is 0 Å². The van der Waals surface area contributed by atoms with Gasteiger partial charge in [-0.15, -0.1) is 0 Å². The Morgan fingerprint density at radius 3 is 2.35 bits per heavy atom. The van der Waals surface area contributed by atoms with Crippen molar-refractivity contribution in [2.24, 2.45) is 5.92 Å². The minimum absolute atomic E-state index is 0.315. The summed E-state index contributed by atoms with van der Waals surface area (Å²) in [6.45, 7) is 12.7. The zero-order valence-corrected chi connectivity index (χ0v) is 15.4. The van der Waals surface area contributed by atoms with Crippen molar-refractivity contribution in [3.05, 3.63) is 30.1 Å². The maximum Gasteiger partial charge on any atom is 0.496 e. The van der Waals surface area contributed by atoms with Crippen molar-refractivity contribution in [2.75, 3.05) is 0 Å². The van der Waals surface area contributed by atoms with Gasteiger partial charge < -0.3 is 9.31 Å². The van der Waals surface area contributed by atoms with Crippen molar-refractivity contribution >= 4 is 18.7 Å². The van der Waals surface area contributed by atoms with E-state index >= 15 is 0 Å². The molecule has 0 spiro atoms. The lowest BCUT2D eigenvalue weighted by molar-refractivity contribution is 0.00578. The first kappa shape index (κ1) is 18.2. The summed E-state index contributed by atoms with van der Waals surface area (Å²) in [6, 6.07) is 4.08. The molecule has 0 aliphatic carbocycles. The molecule has 1 aliphatic rings. The van der Waals surface area contributed by atoms with Gasteiger partial charge in [-0.3, -0.25) is 4.98 Å². The van der Waals surface area contributed by atoms with Crippen molar-refractivity contribution in [1.29, 1.82) is 0 Å². The van der Waals surface area contributed by atoms with Crippen LogP contribution in [0, 0.1) is 5.92 Å². The van der Waals surface area contributed by atoms with Crippen LogP contribution in [0.2, 0.25) is 0 Å². The van der Waals surface area contributed by atoms with Gasteiger partial charge in [0.2, 0.25) is 0 Å². The largest absolute Gasteiger partial charge is 0.496 e. The van der Waals surface area contributed by atoms with Crippen LogP contribution in [0.1, 0.15) is 66.5 Å². The van der Waals surface area contributed by atoms with Gasteiger partial charge in [0.05, 0.1) is 16.9 Å². The smallest absolute Gasteiger partial charge is 0.399 e. The first-order chi connectivity index (χ1) is 10.7. The van der Waals surface area contributed by atoms with Gasteiger partial charge in [0.25, 0.3) is 0 Å². The average Bonchev–Trinajstić information content (AvgIpc) is 2.72. The van der Waals surface area contributed by atoms with Gasteiger partial charge in [0.1, 0.15) is 0 Å². The Bertz CT molecular complexity index is 521. The highest BCUT2D eigenvalue weighted by molar-refractivity contribution is 6.62. The molecule has 1 atom stereocenters. The highest BCUT2D eigenvalue weighted by atomic mass is 16.7. The minimum atomic E-state index is -0.339. The van der Waals surface area contributed by atoms with Crippen LogP contribution in [-0.2, 0) is 9.31 Å². The predicted molar refractivity (Wildman–Crippen MR) is 97.7 cm³/mol. The second-order valence-electron chi connectivity index (χ2n) is 7.58. The van der Waals surface area contributed by atoms with Crippen LogP contribution in [0.5, 0.6) is 0 Å². The number of allylic oxidation sites excluding steroid dienone is 1. The predicted octanol–water partition coefficient (Wildman–Crippen LogP) is 4.22. The van der Waals surface area contributed by atoms with E-state index in [1.807, 2.05) is 18.3 Å². The van der Waals surface area contributed by atoms with Crippen LogP contribution in [0.3, 0.4) is 0 Å². The van der Waals surface area contributed by atoms with Gasteiger partial charge in [-0.2, -0.15) is 0 Å². The van der Waals surface area contributed by atoms with Gasteiger partial charge >= 0.3 is 7.12 Å². The molecule has 2 rings (SSSR count). The standard InChI is InChI=1S/C19H30BNO2/c1-7-8-9-15(2)10-12-17-13-11-16(14-21-17)20-22-18(3,4)19(5,6)23-20/h10-15H,7-9H2,1-6H3/b12-10+. The molecule has 0 aromatic carbocycles. The minimum Gasteiger partial charge on any atom is -0.399 e. The van der Waals surface area contributed by atoms with E-state index in [4.69, 9.17) is 9.31 Å². The molecule has 0 amide bonds. The third-order valence-electron chi connectivity index (χ3n) is 4.94. The molecule has 4 heteroatoms. The van der Waals surface area contributed by atoms with Gasteiger partial charge in [-0.1, -0.05) is 38.8 Å². The molecule has 0 bridgehead atoms. The number of hydrogen-bond acceptors (Lipinski definition) is 3. The molecule has 1 aromatic heterocycles. The molecule has 1 unspecified atom stereocenters. The molecule has 0 N–H and O–H groups in total. The van der Waals surface area contributed by atoms with E-state index < -0.39 is 0 Å². The monoisotopic (exact) mass is 315 g/mol. The molecule has 2 heterocycles. The van der Waals surface area contributed by atoms with E-state index in [1.165, 1.54) is 19.3 Å². The van der Waals surface area contributed by atoms with E-state index in [0.29, 0.717) is 5.92 Å². The Morgan fingerprint density at radius 1 is 1.17 bits per heavy atom. The fourth-order valence-electron chi connectivity index (χ4n) is 2.52. The molecule has 1 aromatic rings. The summed E-state index contributed by atoms with van der Waals surface area (Å²) in [4.78, 5) is 4.52. The van der Waals surface area contributed by atoms with E-state index in [9.17, 15) is 0 Å². The molecule has 23 heavy (non-hydrogen) atoms. The maximum absolute atomic E-state index is 6.05. The van der Waals surface area contributed by atoms with Crippen molar-refractivity contribution in [3.8, 4) is 0 Å². The number of nitrogens with zero attached hydrogens (tertiary/aromatic N) is 1. The topological polar surface area (TPSA) is 31.4 Å². The summed E-state index contributed by atoms with van der Waals surface area (Å²) in [6.07, 6.45) is 9.97. The van der Waals surface area contributed by atoms with Crippen LogP contribution in [0.4, 0.5) is 0 Å². The van der Waals surface area contributed by atoms with Crippen LogP contribution in [0.25, 0.3) is 6.08 Å². The quantitative estimate of drug-likeness (QED) is 0.737. The third-order valence-corrected chi connectivity index (χ3v) is 4.94.